The van der Waals surface area contributed by atoms with Crippen LogP contribution in [0.5, 0.6) is 0 Å². The predicted octanol–water partition coefficient (Wildman–Crippen LogP) is 6.16. The first-order valence-electron chi connectivity index (χ1n) is 9.71. The zero-order valence-electron chi connectivity index (χ0n) is 16.9. The number of thiophene rings is 1. The Morgan fingerprint density at radius 2 is 2.00 bits per heavy atom. The van der Waals surface area contributed by atoms with E-state index in [9.17, 15) is 9.59 Å². The molecule has 0 aliphatic carbocycles. The normalized spacial score (nSPS) is 11.2. The number of aromatic amines is 1. The number of hydrogen-bond acceptors (Lipinski definition) is 5. The Balaban J connectivity index is 1.51. The van der Waals surface area contributed by atoms with Gasteiger partial charge in [-0.3, -0.25) is 9.59 Å². The van der Waals surface area contributed by atoms with Crippen molar-refractivity contribution in [3.05, 3.63) is 74.9 Å². The molecule has 2 heterocycles. The smallest absolute Gasteiger partial charge is 0.260 e. The molecule has 5 nitrogen and oxygen atoms in total. The average Bonchev–Trinajstić information content (AvgIpc) is 3.17. The van der Waals surface area contributed by atoms with E-state index in [0.717, 1.165) is 11.1 Å². The summed E-state index contributed by atoms with van der Waals surface area (Å²) < 4.78 is 0. The Bertz CT molecular complexity index is 1300. The molecule has 31 heavy (non-hydrogen) atoms. The molecular formula is C23H20ClN3O2S2. The van der Waals surface area contributed by atoms with Crippen molar-refractivity contribution in [1.29, 1.82) is 0 Å². The minimum absolute atomic E-state index is 0.121. The monoisotopic (exact) mass is 469 g/mol. The number of anilines is 1. The predicted molar refractivity (Wildman–Crippen MR) is 131 cm³/mol. The van der Waals surface area contributed by atoms with Crippen LogP contribution in [0.25, 0.3) is 21.3 Å². The number of carbonyl (C=O) groups is 1. The summed E-state index contributed by atoms with van der Waals surface area (Å²) in [6, 6.07) is 15.2. The topological polar surface area (TPSA) is 74.8 Å². The Labute approximate surface area is 192 Å². The molecule has 2 aromatic carbocycles. The number of H-pyrrole nitrogens is 1. The van der Waals surface area contributed by atoms with Gasteiger partial charge in [0.25, 0.3) is 5.56 Å². The molecule has 2 aromatic heterocycles. The molecule has 0 spiro atoms. The summed E-state index contributed by atoms with van der Waals surface area (Å²) in [6.07, 6.45) is 0. The fraction of sp³-hybridized carbons (Fsp3) is 0.174. The van der Waals surface area contributed by atoms with E-state index in [-0.39, 0.29) is 17.2 Å². The number of amides is 1. The third kappa shape index (κ3) is 5.01. The van der Waals surface area contributed by atoms with Crippen LogP contribution in [-0.4, -0.2) is 21.6 Å². The highest BCUT2D eigenvalue weighted by molar-refractivity contribution is 7.99. The lowest BCUT2D eigenvalue weighted by molar-refractivity contribution is -0.113. The van der Waals surface area contributed by atoms with Gasteiger partial charge in [0.15, 0.2) is 5.16 Å². The number of hydrogen-bond donors (Lipinski definition) is 2. The first kappa shape index (κ1) is 21.6. The lowest BCUT2D eigenvalue weighted by atomic mass is 9.99. The number of benzene rings is 2. The summed E-state index contributed by atoms with van der Waals surface area (Å²) in [5.41, 5.74) is 3.54. The Hall–Kier alpha value is -2.61. The van der Waals surface area contributed by atoms with Gasteiger partial charge >= 0.3 is 0 Å². The molecule has 0 saturated carbocycles. The SMILES string of the molecule is CC(C)c1ccc(-c2csc3nc(SCC(=O)Nc4cccc(Cl)c4)[nH]c(=O)c23)cc1. The molecule has 0 aliphatic rings. The Morgan fingerprint density at radius 3 is 2.71 bits per heavy atom. The molecular weight excluding hydrogens is 450 g/mol. The Morgan fingerprint density at radius 1 is 1.23 bits per heavy atom. The van der Waals surface area contributed by atoms with Gasteiger partial charge in [0.2, 0.25) is 5.91 Å². The second-order valence-electron chi connectivity index (χ2n) is 7.32. The molecule has 1 amide bonds. The summed E-state index contributed by atoms with van der Waals surface area (Å²) in [4.78, 5) is 33.0. The van der Waals surface area contributed by atoms with Crippen molar-refractivity contribution in [2.75, 3.05) is 11.1 Å². The van der Waals surface area contributed by atoms with Crippen molar-refractivity contribution < 1.29 is 4.79 Å². The van der Waals surface area contributed by atoms with E-state index in [2.05, 4.69) is 41.3 Å². The maximum Gasteiger partial charge on any atom is 0.260 e. The summed E-state index contributed by atoms with van der Waals surface area (Å²) >= 11 is 8.55. The number of nitrogens with one attached hydrogen (secondary N) is 2. The Kier molecular flexibility index (Phi) is 6.46. The molecule has 0 saturated heterocycles. The zero-order chi connectivity index (χ0) is 22.0. The van der Waals surface area contributed by atoms with Crippen LogP contribution in [0.3, 0.4) is 0 Å². The van der Waals surface area contributed by atoms with Crippen LogP contribution in [0.1, 0.15) is 25.3 Å². The van der Waals surface area contributed by atoms with Crippen LogP contribution in [0.4, 0.5) is 5.69 Å². The third-order valence-corrected chi connectivity index (χ3v) is 6.74. The average molecular weight is 470 g/mol. The fourth-order valence-electron chi connectivity index (χ4n) is 3.15. The van der Waals surface area contributed by atoms with Crippen molar-refractivity contribution in [2.24, 2.45) is 0 Å². The number of rotatable bonds is 6. The molecule has 4 rings (SSSR count). The van der Waals surface area contributed by atoms with Crippen LogP contribution in [0.15, 0.2) is 63.9 Å². The number of aromatic nitrogens is 2. The second-order valence-corrected chi connectivity index (χ2v) is 9.58. The van der Waals surface area contributed by atoms with Crippen LogP contribution in [0, 0.1) is 0 Å². The van der Waals surface area contributed by atoms with Crippen LogP contribution < -0.4 is 10.9 Å². The van der Waals surface area contributed by atoms with Crippen molar-refractivity contribution in [1.82, 2.24) is 9.97 Å². The van der Waals surface area contributed by atoms with Crippen molar-refractivity contribution in [3.8, 4) is 11.1 Å². The van der Waals surface area contributed by atoms with E-state index in [0.29, 0.717) is 32.0 Å². The molecule has 4 aromatic rings. The molecule has 0 fully saturated rings. The molecule has 0 atom stereocenters. The summed E-state index contributed by atoms with van der Waals surface area (Å²) in [5.74, 6) is 0.372. The third-order valence-electron chi connectivity index (χ3n) is 4.76. The van der Waals surface area contributed by atoms with E-state index in [1.165, 1.54) is 28.7 Å². The van der Waals surface area contributed by atoms with Gasteiger partial charge < -0.3 is 10.3 Å². The van der Waals surface area contributed by atoms with Gasteiger partial charge in [-0.05, 0) is 35.2 Å². The standard InChI is InChI=1S/C23H20ClN3O2S2/c1-13(2)14-6-8-15(9-7-14)18-11-30-22-20(18)21(29)26-23(27-22)31-12-19(28)25-17-5-3-4-16(24)10-17/h3-11,13H,12H2,1-2H3,(H,25,28)(H,26,27,29). The van der Waals surface area contributed by atoms with Gasteiger partial charge in [-0.1, -0.05) is 67.5 Å². The fourth-order valence-corrected chi connectivity index (χ4v) is 5.01. The lowest BCUT2D eigenvalue weighted by Gasteiger charge is -2.07. The maximum absolute atomic E-state index is 12.8. The quantitative estimate of drug-likeness (QED) is 0.262. The van der Waals surface area contributed by atoms with Crippen LogP contribution in [0.2, 0.25) is 5.02 Å². The first-order valence-corrected chi connectivity index (χ1v) is 11.9. The number of thioether (sulfide) groups is 1. The van der Waals surface area contributed by atoms with Crippen LogP contribution in [-0.2, 0) is 4.79 Å². The summed E-state index contributed by atoms with van der Waals surface area (Å²) in [5, 5.41) is 6.29. The molecule has 2 N–H and O–H groups in total. The van der Waals surface area contributed by atoms with E-state index in [4.69, 9.17) is 11.6 Å². The van der Waals surface area contributed by atoms with E-state index < -0.39 is 0 Å². The summed E-state index contributed by atoms with van der Waals surface area (Å²) in [6.45, 7) is 4.30. The minimum Gasteiger partial charge on any atom is -0.325 e. The first-order chi connectivity index (χ1) is 14.9. The van der Waals surface area contributed by atoms with E-state index in [1.54, 1.807) is 24.3 Å². The highest BCUT2D eigenvalue weighted by atomic mass is 35.5. The van der Waals surface area contributed by atoms with Gasteiger partial charge in [0.05, 0.1) is 11.1 Å². The lowest BCUT2D eigenvalue weighted by Crippen LogP contribution is -2.15. The van der Waals surface area contributed by atoms with Crippen LogP contribution >= 0.6 is 34.7 Å². The molecule has 8 heteroatoms. The molecule has 0 bridgehead atoms. The number of fused-ring (bicyclic) bond motifs is 1. The van der Waals surface area contributed by atoms with Gasteiger partial charge in [0, 0.05) is 21.7 Å². The van der Waals surface area contributed by atoms with Gasteiger partial charge in [-0.25, -0.2) is 4.98 Å². The second kappa shape index (κ2) is 9.26. The van der Waals surface area contributed by atoms with Crippen molar-refractivity contribution in [3.63, 3.8) is 0 Å². The molecule has 0 unspecified atom stereocenters. The van der Waals surface area contributed by atoms with E-state index in [1.807, 2.05) is 17.5 Å². The molecule has 158 valence electrons. The van der Waals surface area contributed by atoms with E-state index >= 15 is 0 Å². The maximum atomic E-state index is 12.8. The highest BCUT2D eigenvalue weighted by Gasteiger charge is 2.14. The summed E-state index contributed by atoms with van der Waals surface area (Å²) in [7, 11) is 0. The zero-order valence-corrected chi connectivity index (χ0v) is 19.3. The molecule has 0 aliphatic heterocycles. The van der Waals surface area contributed by atoms with Crippen molar-refractivity contribution in [2.45, 2.75) is 24.9 Å². The van der Waals surface area contributed by atoms with Gasteiger partial charge in [0.1, 0.15) is 4.83 Å². The largest absolute Gasteiger partial charge is 0.325 e. The van der Waals surface area contributed by atoms with Gasteiger partial charge in [-0.2, -0.15) is 0 Å². The number of halogens is 1. The number of carbonyl (C=O) groups excluding carboxylic acids is 1. The number of nitrogens with zero attached hydrogens (tertiary/aromatic N) is 1. The minimum atomic E-state index is -0.202. The highest BCUT2D eigenvalue weighted by Crippen LogP contribution is 2.32. The molecule has 0 radical (unpaired) electrons. The van der Waals surface area contributed by atoms with Gasteiger partial charge in [-0.15, -0.1) is 11.3 Å². The van der Waals surface area contributed by atoms with Crippen molar-refractivity contribution >= 4 is 56.5 Å².